The number of pyridine rings is 1. The zero-order chi connectivity index (χ0) is 12.4. The van der Waals surface area contributed by atoms with Crippen LogP contribution in [0.2, 0.25) is 0 Å². The Kier molecular flexibility index (Phi) is 3.10. The first-order valence-electron chi connectivity index (χ1n) is 4.72. The second-order valence-electron chi connectivity index (χ2n) is 3.26. The van der Waals surface area contributed by atoms with Gasteiger partial charge in [0.15, 0.2) is 0 Å². The molecule has 1 N–H and O–H groups in total. The largest absolute Gasteiger partial charge is 0.464 e. The Hall–Kier alpha value is -1.89. The molecule has 0 radical (unpaired) electrons. The predicted molar refractivity (Wildman–Crippen MR) is 65.3 cm³/mol. The number of anilines is 2. The summed E-state index contributed by atoms with van der Waals surface area (Å²) in [7, 11) is 1.67. The average Bonchev–Trinajstić information content (AvgIpc) is 2.65. The first-order chi connectivity index (χ1) is 8.09. The number of hydrogen-bond donors (Lipinski definition) is 1. The SMILES string of the molecule is Cn1nccc1N(C(=O)O)c1cc(Br)ccn1. The lowest BCUT2D eigenvalue weighted by Gasteiger charge is -2.17. The van der Waals surface area contributed by atoms with Gasteiger partial charge in [0.2, 0.25) is 0 Å². The zero-order valence-corrected chi connectivity index (χ0v) is 10.5. The van der Waals surface area contributed by atoms with Gasteiger partial charge in [0.1, 0.15) is 11.6 Å². The molecule has 17 heavy (non-hydrogen) atoms. The third-order valence-corrected chi connectivity index (χ3v) is 2.65. The van der Waals surface area contributed by atoms with Crippen LogP contribution < -0.4 is 4.90 Å². The summed E-state index contributed by atoms with van der Waals surface area (Å²) in [5.74, 6) is 0.749. The van der Waals surface area contributed by atoms with Crippen molar-refractivity contribution in [2.75, 3.05) is 4.90 Å². The van der Waals surface area contributed by atoms with Crippen molar-refractivity contribution in [3.8, 4) is 0 Å². The number of amides is 1. The van der Waals surface area contributed by atoms with Gasteiger partial charge in [0.05, 0.1) is 6.20 Å². The molecular weight excluding hydrogens is 288 g/mol. The van der Waals surface area contributed by atoms with Crippen molar-refractivity contribution in [1.29, 1.82) is 0 Å². The van der Waals surface area contributed by atoms with E-state index in [2.05, 4.69) is 26.0 Å². The van der Waals surface area contributed by atoms with Crippen LogP contribution in [0.25, 0.3) is 0 Å². The molecule has 2 heterocycles. The van der Waals surface area contributed by atoms with Crippen molar-refractivity contribution >= 4 is 33.7 Å². The number of aromatic nitrogens is 3. The van der Waals surface area contributed by atoms with Gasteiger partial charge in [-0.05, 0) is 12.1 Å². The molecule has 0 saturated carbocycles. The number of rotatable bonds is 2. The minimum Gasteiger partial charge on any atom is -0.464 e. The smallest absolute Gasteiger partial charge is 0.418 e. The highest BCUT2D eigenvalue weighted by atomic mass is 79.9. The van der Waals surface area contributed by atoms with E-state index in [-0.39, 0.29) is 0 Å². The van der Waals surface area contributed by atoms with Gasteiger partial charge < -0.3 is 5.11 Å². The molecule has 0 saturated heterocycles. The van der Waals surface area contributed by atoms with Crippen molar-refractivity contribution < 1.29 is 9.90 Å². The third-order valence-electron chi connectivity index (χ3n) is 2.15. The molecule has 2 aromatic rings. The molecule has 0 aliphatic carbocycles. The normalized spacial score (nSPS) is 10.2. The molecule has 0 aliphatic rings. The van der Waals surface area contributed by atoms with Crippen LogP contribution in [0.5, 0.6) is 0 Å². The standard InChI is InChI=1S/C10H9BrN4O2/c1-14-9(3-5-13-14)15(10(16)17)8-6-7(11)2-4-12-8/h2-6H,1H3,(H,16,17). The van der Waals surface area contributed by atoms with E-state index in [0.717, 1.165) is 9.37 Å². The molecule has 7 heteroatoms. The van der Waals surface area contributed by atoms with Crippen molar-refractivity contribution in [3.05, 3.63) is 35.1 Å². The summed E-state index contributed by atoms with van der Waals surface area (Å²) in [5.41, 5.74) is 0. The van der Waals surface area contributed by atoms with Gasteiger partial charge >= 0.3 is 6.09 Å². The fraction of sp³-hybridized carbons (Fsp3) is 0.100. The summed E-state index contributed by atoms with van der Waals surface area (Å²) in [4.78, 5) is 16.4. The lowest BCUT2D eigenvalue weighted by molar-refractivity contribution is 0.204. The topological polar surface area (TPSA) is 71.2 Å². The summed E-state index contributed by atoms with van der Waals surface area (Å²) in [5, 5.41) is 13.2. The van der Waals surface area contributed by atoms with E-state index in [0.29, 0.717) is 11.6 Å². The highest BCUT2D eigenvalue weighted by Gasteiger charge is 2.21. The first kappa shape index (κ1) is 11.6. The Morgan fingerprint density at radius 2 is 2.24 bits per heavy atom. The van der Waals surface area contributed by atoms with Gasteiger partial charge in [-0.25, -0.2) is 14.7 Å². The molecular formula is C10H9BrN4O2. The van der Waals surface area contributed by atoms with Crippen LogP contribution >= 0.6 is 15.9 Å². The predicted octanol–water partition coefficient (Wildman–Crippen LogP) is 2.39. The molecule has 2 rings (SSSR count). The molecule has 0 fully saturated rings. The number of carboxylic acid groups (broad SMARTS) is 1. The highest BCUT2D eigenvalue weighted by molar-refractivity contribution is 9.10. The Bertz CT molecular complexity index is 555. The molecule has 0 bridgehead atoms. The van der Waals surface area contributed by atoms with Gasteiger partial charge in [-0.15, -0.1) is 0 Å². The second-order valence-corrected chi connectivity index (χ2v) is 4.18. The average molecular weight is 297 g/mol. The van der Waals surface area contributed by atoms with Crippen molar-refractivity contribution in [3.63, 3.8) is 0 Å². The Balaban J connectivity index is 2.50. The maximum Gasteiger partial charge on any atom is 0.418 e. The second kappa shape index (κ2) is 4.54. The summed E-state index contributed by atoms with van der Waals surface area (Å²) < 4.78 is 2.23. The quantitative estimate of drug-likeness (QED) is 0.924. The Morgan fingerprint density at radius 1 is 1.47 bits per heavy atom. The monoisotopic (exact) mass is 296 g/mol. The molecule has 0 aliphatic heterocycles. The first-order valence-corrected chi connectivity index (χ1v) is 5.51. The van der Waals surface area contributed by atoms with Crippen molar-refractivity contribution in [2.24, 2.45) is 7.05 Å². The molecule has 6 nitrogen and oxygen atoms in total. The minimum absolute atomic E-state index is 0.315. The van der Waals surface area contributed by atoms with Crippen molar-refractivity contribution in [1.82, 2.24) is 14.8 Å². The highest BCUT2D eigenvalue weighted by Crippen LogP contribution is 2.24. The molecule has 1 amide bonds. The summed E-state index contributed by atoms with van der Waals surface area (Å²) >= 11 is 3.28. The van der Waals surface area contributed by atoms with Crippen molar-refractivity contribution in [2.45, 2.75) is 0 Å². The number of hydrogen-bond acceptors (Lipinski definition) is 3. The number of halogens is 1. The Morgan fingerprint density at radius 3 is 2.76 bits per heavy atom. The minimum atomic E-state index is -1.11. The van der Waals surface area contributed by atoms with E-state index in [1.54, 1.807) is 25.2 Å². The number of nitrogens with zero attached hydrogens (tertiary/aromatic N) is 4. The van der Waals surface area contributed by atoms with Crippen LogP contribution in [0.15, 0.2) is 35.1 Å². The van der Waals surface area contributed by atoms with E-state index in [1.807, 2.05) is 0 Å². The molecule has 0 spiro atoms. The summed E-state index contributed by atoms with van der Waals surface area (Å²) in [6.45, 7) is 0. The van der Waals surface area contributed by atoms with Crippen LogP contribution in [0.1, 0.15) is 0 Å². The Labute approximate surface area is 106 Å². The number of aryl methyl sites for hydroxylation is 1. The molecule has 88 valence electrons. The van der Waals surface area contributed by atoms with E-state index in [1.165, 1.54) is 17.1 Å². The van der Waals surface area contributed by atoms with Gasteiger partial charge in [-0.2, -0.15) is 5.10 Å². The van der Waals surface area contributed by atoms with Gasteiger partial charge in [-0.1, -0.05) is 15.9 Å². The van der Waals surface area contributed by atoms with Crippen LogP contribution in [-0.2, 0) is 7.05 Å². The maximum absolute atomic E-state index is 11.3. The summed E-state index contributed by atoms with van der Waals surface area (Å²) in [6.07, 6.45) is 1.95. The molecule has 0 atom stereocenters. The molecule has 2 aromatic heterocycles. The molecule has 0 unspecified atom stereocenters. The number of carbonyl (C=O) groups is 1. The lowest BCUT2D eigenvalue weighted by atomic mass is 10.4. The summed E-state index contributed by atoms with van der Waals surface area (Å²) in [6, 6.07) is 4.96. The lowest BCUT2D eigenvalue weighted by Crippen LogP contribution is -2.26. The third kappa shape index (κ3) is 2.28. The zero-order valence-electron chi connectivity index (χ0n) is 8.91. The van der Waals surface area contributed by atoms with E-state index < -0.39 is 6.09 Å². The van der Waals surface area contributed by atoms with E-state index >= 15 is 0 Å². The van der Waals surface area contributed by atoms with E-state index in [4.69, 9.17) is 0 Å². The van der Waals surface area contributed by atoms with Crippen LogP contribution in [-0.4, -0.2) is 26.0 Å². The van der Waals surface area contributed by atoms with Gasteiger partial charge in [0, 0.05) is 23.8 Å². The van der Waals surface area contributed by atoms with Crippen LogP contribution in [0, 0.1) is 0 Å². The van der Waals surface area contributed by atoms with E-state index in [9.17, 15) is 9.90 Å². The van der Waals surface area contributed by atoms with Crippen LogP contribution in [0.4, 0.5) is 16.4 Å². The van der Waals surface area contributed by atoms with Gasteiger partial charge in [-0.3, -0.25) is 4.68 Å². The fourth-order valence-electron chi connectivity index (χ4n) is 1.42. The fourth-order valence-corrected chi connectivity index (χ4v) is 1.74. The van der Waals surface area contributed by atoms with Crippen LogP contribution in [0.3, 0.4) is 0 Å². The maximum atomic E-state index is 11.3. The molecule has 0 aromatic carbocycles. The van der Waals surface area contributed by atoms with Gasteiger partial charge in [0.25, 0.3) is 0 Å².